The summed E-state index contributed by atoms with van der Waals surface area (Å²) >= 11 is 0. The maximum Gasteiger partial charge on any atom is 0.121 e. The van der Waals surface area contributed by atoms with Crippen molar-refractivity contribution in [3.63, 3.8) is 0 Å². The molecular formula is C40H36IrN2OSi-2. The molecule has 3 aromatic heterocycles. The van der Waals surface area contributed by atoms with E-state index in [4.69, 9.17) is 5.79 Å². The Morgan fingerprint density at radius 3 is 2.27 bits per heavy atom. The monoisotopic (exact) mass is 782 g/mol. The van der Waals surface area contributed by atoms with Gasteiger partial charge in [0.25, 0.3) is 0 Å². The maximum atomic E-state index is 8.34. The first kappa shape index (κ1) is 30.9. The van der Waals surface area contributed by atoms with E-state index < -0.39 is 14.0 Å². The molecular weight excluding hydrogens is 745 g/mol. The number of aromatic nitrogens is 2. The van der Waals surface area contributed by atoms with Crippen molar-refractivity contribution in [1.29, 1.82) is 0 Å². The SMILES string of the molecule is C[Si](C)(C)c1ccc(-c2[c-]cccc2)nc1.[2H]C(C)(C)c1ccnc(-c2[c-]ccc3c2oc2cccc(-c4ccccc4)c23)c1.[Ir]. The first-order valence-corrected chi connectivity index (χ1v) is 18.4. The molecule has 7 rings (SSSR count). The van der Waals surface area contributed by atoms with Gasteiger partial charge in [-0.05, 0) is 45.7 Å². The zero-order valence-corrected chi connectivity index (χ0v) is 29.6. The van der Waals surface area contributed by atoms with Crippen LogP contribution in [0.2, 0.25) is 19.6 Å². The summed E-state index contributed by atoms with van der Waals surface area (Å²) in [7, 11) is -1.23. The molecule has 0 aliphatic carbocycles. The van der Waals surface area contributed by atoms with Gasteiger partial charge in [-0.2, -0.15) is 0 Å². The molecule has 0 bridgehead atoms. The topological polar surface area (TPSA) is 38.9 Å². The van der Waals surface area contributed by atoms with Gasteiger partial charge in [0.05, 0.1) is 13.7 Å². The third kappa shape index (κ3) is 7.07. The van der Waals surface area contributed by atoms with Crippen molar-refractivity contribution in [1.82, 2.24) is 9.97 Å². The van der Waals surface area contributed by atoms with Crippen molar-refractivity contribution >= 4 is 35.2 Å². The van der Waals surface area contributed by atoms with Crippen molar-refractivity contribution in [2.24, 2.45) is 0 Å². The van der Waals surface area contributed by atoms with Crippen molar-refractivity contribution in [3.8, 4) is 33.6 Å². The molecule has 1 radical (unpaired) electrons. The molecule has 0 amide bonds. The predicted octanol–water partition coefficient (Wildman–Crippen LogP) is 10.3. The van der Waals surface area contributed by atoms with Gasteiger partial charge in [0.1, 0.15) is 5.58 Å². The second-order valence-electron chi connectivity index (χ2n) is 12.1. The summed E-state index contributed by atoms with van der Waals surface area (Å²) in [5, 5.41) is 3.54. The van der Waals surface area contributed by atoms with E-state index in [1.165, 1.54) is 5.19 Å². The molecule has 0 saturated heterocycles. The Balaban J connectivity index is 0.000000209. The number of hydrogen-bond donors (Lipinski definition) is 0. The van der Waals surface area contributed by atoms with Crippen LogP contribution in [0.4, 0.5) is 0 Å². The van der Waals surface area contributed by atoms with Crippen LogP contribution in [0.15, 0.2) is 126 Å². The van der Waals surface area contributed by atoms with Gasteiger partial charge in [0.2, 0.25) is 0 Å². The van der Waals surface area contributed by atoms with Gasteiger partial charge < -0.3 is 14.4 Å². The van der Waals surface area contributed by atoms with Gasteiger partial charge in [-0.25, -0.2) is 0 Å². The van der Waals surface area contributed by atoms with E-state index >= 15 is 0 Å². The molecule has 0 fully saturated rings. The third-order valence-electron chi connectivity index (χ3n) is 7.75. The zero-order chi connectivity index (χ0) is 31.6. The van der Waals surface area contributed by atoms with Crippen LogP contribution < -0.4 is 5.19 Å². The first-order chi connectivity index (χ1) is 21.6. The number of hydrogen-bond acceptors (Lipinski definition) is 3. The van der Waals surface area contributed by atoms with Gasteiger partial charge in [-0.15, -0.1) is 54.1 Å². The number of nitrogens with zero attached hydrogens (tertiary/aromatic N) is 2. The number of rotatable bonds is 5. The molecule has 0 aliphatic heterocycles. The van der Waals surface area contributed by atoms with Crippen molar-refractivity contribution in [2.45, 2.75) is 39.4 Å². The zero-order valence-electron chi connectivity index (χ0n) is 27.2. The van der Waals surface area contributed by atoms with Crippen molar-refractivity contribution < 1.29 is 25.9 Å². The third-order valence-corrected chi connectivity index (χ3v) is 9.78. The van der Waals surface area contributed by atoms with Crippen LogP contribution in [0.1, 0.15) is 26.7 Å². The first-order valence-electron chi connectivity index (χ1n) is 15.4. The van der Waals surface area contributed by atoms with Crippen LogP contribution in [-0.4, -0.2) is 18.0 Å². The van der Waals surface area contributed by atoms with Crippen LogP contribution in [0.25, 0.3) is 55.6 Å². The van der Waals surface area contributed by atoms with Gasteiger partial charge in [-0.3, -0.25) is 0 Å². The van der Waals surface area contributed by atoms with Crippen LogP contribution in [0.5, 0.6) is 0 Å². The van der Waals surface area contributed by atoms with Crippen molar-refractivity contribution in [3.05, 3.63) is 139 Å². The molecule has 3 nitrogen and oxygen atoms in total. The molecule has 3 heterocycles. The molecule has 0 atom stereocenters. The molecule has 227 valence electrons. The van der Waals surface area contributed by atoms with Crippen LogP contribution in [-0.2, 0) is 20.1 Å². The average Bonchev–Trinajstić information content (AvgIpc) is 3.44. The van der Waals surface area contributed by atoms with Gasteiger partial charge in [0.15, 0.2) is 0 Å². The van der Waals surface area contributed by atoms with Gasteiger partial charge in [-0.1, -0.05) is 111 Å². The van der Waals surface area contributed by atoms with Crippen LogP contribution in [0.3, 0.4) is 0 Å². The smallest absolute Gasteiger partial charge is 0.121 e. The summed E-state index contributed by atoms with van der Waals surface area (Å²) < 4.78 is 14.7. The maximum absolute atomic E-state index is 8.34. The second kappa shape index (κ2) is 13.9. The summed E-state index contributed by atoms with van der Waals surface area (Å²) in [5.74, 6) is -0.695. The second-order valence-corrected chi connectivity index (χ2v) is 17.2. The fourth-order valence-electron chi connectivity index (χ4n) is 5.27. The normalized spacial score (nSPS) is 11.8. The molecule has 0 aliphatic rings. The molecule has 0 saturated carbocycles. The Morgan fingerprint density at radius 1 is 0.778 bits per heavy atom. The number of furan rings is 1. The summed E-state index contributed by atoms with van der Waals surface area (Å²) in [4.78, 5) is 9.07. The molecule has 5 heteroatoms. The van der Waals surface area contributed by atoms with Crippen molar-refractivity contribution in [2.75, 3.05) is 0 Å². The average molecular weight is 782 g/mol. The Bertz CT molecular complexity index is 2060. The Labute approximate surface area is 282 Å². The fraction of sp³-hybridized carbons (Fsp3) is 0.150. The summed E-state index contributed by atoms with van der Waals surface area (Å²) in [6, 6.07) is 43.1. The molecule has 0 unspecified atom stereocenters. The van der Waals surface area contributed by atoms with Gasteiger partial charge in [0, 0.05) is 39.3 Å². The van der Waals surface area contributed by atoms with Crippen LogP contribution >= 0.6 is 0 Å². The summed E-state index contributed by atoms with van der Waals surface area (Å²) in [6.45, 7) is 10.8. The Kier molecular flexibility index (Phi) is 9.51. The van der Waals surface area contributed by atoms with E-state index in [-0.39, 0.29) is 20.1 Å². The number of fused-ring (bicyclic) bond motifs is 3. The molecule has 7 aromatic rings. The Morgan fingerprint density at radius 2 is 1.58 bits per heavy atom. The largest absolute Gasteiger partial charge is 0.501 e. The minimum absolute atomic E-state index is 0. The summed E-state index contributed by atoms with van der Waals surface area (Å²) in [5.41, 5.74) is 8.50. The fourth-order valence-corrected chi connectivity index (χ4v) is 6.30. The molecule has 0 N–H and O–H groups in total. The number of pyridine rings is 2. The van der Waals surface area contributed by atoms with Crippen LogP contribution in [0, 0.1) is 12.1 Å². The quantitative estimate of drug-likeness (QED) is 0.129. The van der Waals surface area contributed by atoms with E-state index in [2.05, 4.69) is 78.1 Å². The van der Waals surface area contributed by atoms with E-state index in [9.17, 15) is 0 Å². The summed E-state index contributed by atoms with van der Waals surface area (Å²) in [6.07, 6.45) is 3.77. The Hall–Kier alpha value is -4.15. The standard InChI is InChI=1S/C26H20NO.C14H16NSi.Ir/c1-17(2)19-14-15-27-23(16-19)21-11-6-12-22-25-20(18-8-4-3-5-9-18)10-7-13-24(25)28-26(21)22;1-16(2,3)13-9-10-14(15-11-13)12-7-5-4-6-8-12;/h3-10,12-17H,1-2H3;4-7,9-11H,1-3H3;/q2*-1;/i17D;;. The van der Waals surface area contributed by atoms with Gasteiger partial charge >= 0.3 is 0 Å². The van der Waals surface area contributed by atoms with E-state index in [0.29, 0.717) is 0 Å². The molecule has 0 spiro atoms. The molecule has 4 aromatic carbocycles. The minimum atomic E-state index is -1.23. The minimum Gasteiger partial charge on any atom is -0.501 e. The van der Waals surface area contributed by atoms with E-state index in [1.54, 1.807) is 6.20 Å². The van der Waals surface area contributed by atoms with E-state index in [0.717, 1.165) is 61.1 Å². The van der Waals surface area contributed by atoms with E-state index in [1.807, 2.05) is 92.8 Å². The predicted molar refractivity (Wildman–Crippen MR) is 187 cm³/mol. The molecule has 45 heavy (non-hydrogen) atoms. The number of benzene rings is 4.